The van der Waals surface area contributed by atoms with Crippen LogP contribution in [0.5, 0.6) is 0 Å². The summed E-state index contributed by atoms with van der Waals surface area (Å²) in [4.78, 5) is 26.3. The first kappa shape index (κ1) is 14.3. The van der Waals surface area contributed by atoms with E-state index in [0.717, 1.165) is 11.3 Å². The van der Waals surface area contributed by atoms with Gasteiger partial charge in [-0.05, 0) is 30.7 Å². The highest BCUT2D eigenvalue weighted by Crippen LogP contribution is 2.39. The molecule has 2 aromatic rings. The molecule has 1 unspecified atom stereocenters. The van der Waals surface area contributed by atoms with Gasteiger partial charge >= 0.3 is 5.97 Å². The molecule has 0 radical (unpaired) electrons. The van der Waals surface area contributed by atoms with Crippen LogP contribution in [-0.4, -0.2) is 18.5 Å². The fourth-order valence-corrected chi connectivity index (χ4v) is 2.86. The summed E-state index contributed by atoms with van der Waals surface area (Å²) in [5, 5.41) is 0. The molecular formula is C18H17NO3. The van der Waals surface area contributed by atoms with Gasteiger partial charge in [0.2, 0.25) is 0 Å². The smallest absolute Gasteiger partial charge is 0.308 e. The van der Waals surface area contributed by atoms with Gasteiger partial charge in [0.25, 0.3) is 5.91 Å². The number of benzene rings is 2. The molecule has 2 aromatic carbocycles. The molecule has 22 heavy (non-hydrogen) atoms. The number of para-hydroxylation sites is 1. The standard InChI is InChI=1S/C18H17NO3/c1-2-22-17(20)12-16-14-10-6-7-11-15(14)18(21)19(16)13-8-4-3-5-9-13/h3-11,16H,2,12H2,1H3. The van der Waals surface area contributed by atoms with Crippen molar-refractivity contribution in [3.8, 4) is 0 Å². The zero-order chi connectivity index (χ0) is 15.5. The van der Waals surface area contributed by atoms with Gasteiger partial charge in [-0.2, -0.15) is 0 Å². The van der Waals surface area contributed by atoms with Crippen molar-refractivity contribution in [2.24, 2.45) is 0 Å². The van der Waals surface area contributed by atoms with Gasteiger partial charge in [-0.3, -0.25) is 9.59 Å². The second-order valence-electron chi connectivity index (χ2n) is 5.12. The van der Waals surface area contributed by atoms with Crippen LogP contribution in [0.1, 0.15) is 35.3 Å². The maximum Gasteiger partial charge on any atom is 0.308 e. The molecule has 4 heteroatoms. The first-order chi connectivity index (χ1) is 10.7. The zero-order valence-electron chi connectivity index (χ0n) is 12.4. The number of rotatable bonds is 4. The molecule has 1 aliphatic rings. The van der Waals surface area contributed by atoms with Gasteiger partial charge in [0.1, 0.15) is 0 Å². The van der Waals surface area contributed by atoms with Crippen molar-refractivity contribution in [1.82, 2.24) is 0 Å². The Morgan fingerprint density at radius 3 is 2.50 bits per heavy atom. The van der Waals surface area contributed by atoms with Crippen LogP contribution in [0.2, 0.25) is 0 Å². The molecule has 0 fully saturated rings. The minimum absolute atomic E-state index is 0.0731. The lowest BCUT2D eigenvalue weighted by molar-refractivity contribution is -0.143. The van der Waals surface area contributed by atoms with E-state index in [4.69, 9.17) is 4.74 Å². The number of nitrogens with zero attached hydrogens (tertiary/aromatic N) is 1. The van der Waals surface area contributed by atoms with Crippen molar-refractivity contribution >= 4 is 17.6 Å². The lowest BCUT2D eigenvalue weighted by Crippen LogP contribution is -2.29. The summed E-state index contributed by atoms with van der Waals surface area (Å²) < 4.78 is 5.06. The molecule has 4 nitrogen and oxygen atoms in total. The van der Waals surface area contributed by atoms with E-state index in [0.29, 0.717) is 12.2 Å². The molecule has 0 spiro atoms. The monoisotopic (exact) mass is 295 g/mol. The number of carbonyl (C=O) groups excluding carboxylic acids is 2. The Balaban J connectivity index is 2.01. The maximum atomic E-state index is 12.7. The van der Waals surface area contributed by atoms with E-state index in [1.165, 1.54) is 0 Å². The number of ether oxygens (including phenoxy) is 1. The number of hydrogen-bond donors (Lipinski definition) is 0. The second kappa shape index (κ2) is 6.02. The molecule has 0 saturated heterocycles. The summed E-state index contributed by atoms with van der Waals surface area (Å²) in [5.41, 5.74) is 2.32. The van der Waals surface area contributed by atoms with E-state index >= 15 is 0 Å². The first-order valence-corrected chi connectivity index (χ1v) is 7.35. The fourth-order valence-electron chi connectivity index (χ4n) is 2.86. The van der Waals surface area contributed by atoms with Crippen LogP contribution in [0.25, 0.3) is 0 Å². The van der Waals surface area contributed by atoms with Crippen LogP contribution < -0.4 is 4.90 Å². The Labute approximate surface area is 129 Å². The Kier molecular flexibility index (Phi) is 3.92. The third-order valence-corrected chi connectivity index (χ3v) is 3.78. The van der Waals surface area contributed by atoms with Crippen molar-refractivity contribution in [3.63, 3.8) is 0 Å². The molecule has 0 N–H and O–H groups in total. The Bertz CT molecular complexity index is 696. The lowest BCUT2D eigenvalue weighted by atomic mass is 10.0. The van der Waals surface area contributed by atoms with E-state index in [1.807, 2.05) is 48.5 Å². The molecule has 0 bridgehead atoms. The van der Waals surface area contributed by atoms with Crippen molar-refractivity contribution < 1.29 is 14.3 Å². The SMILES string of the molecule is CCOC(=O)CC1c2ccccc2C(=O)N1c1ccccc1. The van der Waals surface area contributed by atoms with Gasteiger partial charge in [0, 0.05) is 11.3 Å². The number of carbonyl (C=O) groups is 2. The predicted molar refractivity (Wildman–Crippen MR) is 83.7 cm³/mol. The Morgan fingerprint density at radius 2 is 1.77 bits per heavy atom. The number of esters is 1. The average molecular weight is 295 g/mol. The second-order valence-corrected chi connectivity index (χ2v) is 5.12. The molecular weight excluding hydrogens is 278 g/mol. The number of hydrogen-bond acceptors (Lipinski definition) is 3. The summed E-state index contributed by atoms with van der Waals surface area (Å²) in [6, 6.07) is 16.5. The van der Waals surface area contributed by atoms with Gasteiger partial charge in [-0.1, -0.05) is 36.4 Å². The molecule has 1 heterocycles. The summed E-state index contributed by atoms with van der Waals surface area (Å²) in [6.45, 7) is 2.12. The molecule has 1 aliphatic heterocycles. The van der Waals surface area contributed by atoms with Crippen molar-refractivity contribution in [2.45, 2.75) is 19.4 Å². The van der Waals surface area contributed by atoms with E-state index in [-0.39, 0.29) is 24.3 Å². The van der Waals surface area contributed by atoms with Crippen molar-refractivity contribution in [1.29, 1.82) is 0 Å². The van der Waals surface area contributed by atoms with Gasteiger partial charge in [-0.15, -0.1) is 0 Å². The largest absolute Gasteiger partial charge is 0.466 e. The summed E-state index contributed by atoms with van der Waals surface area (Å²) in [5.74, 6) is -0.367. The van der Waals surface area contributed by atoms with Crippen molar-refractivity contribution in [2.75, 3.05) is 11.5 Å². The normalized spacial score (nSPS) is 16.5. The number of fused-ring (bicyclic) bond motifs is 1. The number of amides is 1. The van der Waals surface area contributed by atoms with Crippen LogP contribution in [0.15, 0.2) is 54.6 Å². The Hall–Kier alpha value is -2.62. The van der Waals surface area contributed by atoms with E-state index in [9.17, 15) is 9.59 Å². The third-order valence-electron chi connectivity index (χ3n) is 3.78. The fraction of sp³-hybridized carbons (Fsp3) is 0.222. The van der Waals surface area contributed by atoms with E-state index < -0.39 is 0 Å². The molecule has 1 atom stereocenters. The highest BCUT2D eigenvalue weighted by molar-refractivity contribution is 6.11. The maximum absolute atomic E-state index is 12.7. The van der Waals surface area contributed by atoms with Gasteiger partial charge < -0.3 is 9.64 Å². The number of anilines is 1. The van der Waals surface area contributed by atoms with Gasteiger partial charge in [0.05, 0.1) is 19.1 Å². The van der Waals surface area contributed by atoms with E-state index in [1.54, 1.807) is 17.9 Å². The van der Waals surface area contributed by atoms with Crippen LogP contribution in [-0.2, 0) is 9.53 Å². The first-order valence-electron chi connectivity index (χ1n) is 7.35. The van der Waals surface area contributed by atoms with Gasteiger partial charge in [0.15, 0.2) is 0 Å². The van der Waals surface area contributed by atoms with E-state index in [2.05, 4.69) is 0 Å². The highest BCUT2D eigenvalue weighted by Gasteiger charge is 2.38. The zero-order valence-corrected chi connectivity index (χ0v) is 12.4. The molecule has 112 valence electrons. The molecule has 3 rings (SSSR count). The van der Waals surface area contributed by atoms with Crippen LogP contribution in [0, 0.1) is 0 Å². The summed E-state index contributed by atoms with van der Waals surface area (Å²) >= 11 is 0. The molecule has 0 saturated carbocycles. The predicted octanol–water partition coefficient (Wildman–Crippen LogP) is 3.34. The highest BCUT2D eigenvalue weighted by atomic mass is 16.5. The topological polar surface area (TPSA) is 46.6 Å². The van der Waals surface area contributed by atoms with Crippen molar-refractivity contribution in [3.05, 3.63) is 65.7 Å². The lowest BCUT2D eigenvalue weighted by Gasteiger charge is -2.24. The summed E-state index contributed by atoms with van der Waals surface area (Å²) in [6.07, 6.45) is 0.158. The summed E-state index contributed by atoms with van der Waals surface area (Å²) in [7, 11) is 0. The van der Waals surface area contributed by atoms with Crippen LogP contribution in [0.4, 0.5) is 5.69 Å². The molecule has 1 amide bonds. The quantitative estimate of drug-likeness (QED) is 0.813. The van der Waals surface area contributed by atoms with Crippen LogP contribution in [0.3, 0.4) is 0 Å². The third kappa shape index (κ3) is 2.48. The molecule has 0 aliphatic carbocycles. The minimum atomic E-state index is -0.315. The average Bonchev–Trinajstić information content (AvgIpc) is 2.81. The Morgan fingerprint density at radius 1 is 1.09 bits per heavy atom. The van der Waals surface area contributed by atoms with Crippen LogP contribution >= 0.6 is 0 Å². The van der Waals surface area contributed by atoms with Gasteiger partial charge in [-0.25, -0.2) is 0 Å². The minimum Gasteiger partial charge on any atom is -0.466 e. The molecule has 0 aromatic heterocycles.